The topological polar surface area (TPSA) is 57.9 Å². The van der Waals surface area contributed by atoms with Crippen LogP contribution in [0.5, 0.6) is 0 Å². The van der Waals surface area contributed by atoms with Crippen LogP contribution in [-0.4, -0.2) is 8.42 Å². The molecule has 0 aliphatic rings. The van der Waals surface area contributed by atoms with Gasteiger partial charge in [-0.3, -0.25) is 0 Å². The van der Waals surface area contributed by atoms with Gasteiger partial charge in [-0.15, -0.1) is 0 Å². The molecule has 0 bridgehead atoms. The fraction of sp³-hybridized carbons (Fsp3) is 0.211. The van der Waals surface area contributed by atoms with Gasteiger partial charge in [0.15, 0.2) is 0 Å². The molecule has 0 fully saturated rings. The number of hydrogen-bond donors (Lipinski definition) is 0. The molecule has 0 aliphatic carbocycles. The predicted molar refractivity (Wildman–Crippen MR) is 92.4 cm³/mol. The van der Waals surface area contributed by atoms with Crippen LogP contribution in [0, 0.1) is 11.3 Å². The quantitative estimate of drug-likeness (QED) is 0.790. The molecular formula is C19H19NO2S. The molecule has 4 heteroatoms. The van der Waals surface area contributed by atoms with E-state index in [9.17, 15) is 13.7 Å². The van der Waals surface area contributed by atoms with Gasteiger partial charge in [-0.05, 0) is 34.8 Å². The molecule has 0 atom stereocenters. The van der Waals surface area contributed by atoms with Crippen molar-refractivity contribution in [3.8, 4) is 6.07 Å². The lowest BCUT2D eigenvalue weighted by molar-refractivity contribution is 0.590. The molecule has 0 N–H and O–H groups in total. The Balaban J connectivity index is 2.42. The van der Waals surface area contributed by atoms with Gasteiger partial charge >= 0.3 is 0 Å². The fourth-order valence-electron chi connectivity index (χ4n) is 2.13. The molecule has 2 aromatic carbocycles. The van der Waals surface area contributed by atoms with Crippen molar-refractivity contribution in [3.63, 3.8) is 0 Å². The first-order chi connectivity index (χ1) is 10.7. The third-order valence-corrected chi connectivity index (χ3v) is 5.21. The first-order valence-corrected chi connectivity index (χ1v) is 8.76. The first-order valence-electron chi connectivity index (χ1n) is 7.27. The van der Waals surface area contributed by atoms with Crippen LogP contribution in [0.3, 0.4) is 0 Å². The molecular weight excluding hydrogens is 306 g/mol. The summed E-state index contributed by atoms with van der Waals surface area (Å²) in [5, 5.41) is 9.27. The summed E-state index contributed by atoms with van der Waals surface area (Å²) in [6.45, 7) is 6.33. The van der Waals surface area contributed by atoms with Gasteiger partial charge in [-0.25, -0.2) is 8.42 Å². The van der Waals surface area contributed by atoms with E-state index in [4.69, 9.17) is 0 Å². The smallest absolute Gasteiger partial charge is 0.216 e. The minimum absolute atomic E-state index is 0.0242. The molecule has 0 amide bonds. The second-order valence-electron chi connectivity index (χ2n) is 6.31. The second-order valence-corrected chi connectivity index (χ2v) is 8.23. The minimum Gasteiger partial charge on any atom is -0.218 e. The molecule has 2 rings (SSSR count). The summed E-state index contributed by atoms with van der Waals surface area (Å²) in [6.07, 6.45) is 1.41. The molecule has 0 heterocycles. The summed E-state index contributed by atoms with van der Waals surface area (Å²) >= 11 is 0. The summed E-state index contributed by atoms with van der Waals surface area (Å²) in [5.74, 6) is 0. The number of hydrogen-bond acceptors (Lipinski definition) is 3. The number of rotatable bonds is 3. The maximum atomic E-state index is 12.5. The maximum absolute atomic E-state index is 12.5. The first kappa shape index (κ1) is 17.0. The van der Waals surface area contributed by atoms with Crippen molar-refractivity contribution >= 4 is 15.9 Å². The van der Waals surface area contributed by atoms with Gasteiger partial charge in [0.05, 0.1) is 4.90 Å². The van der Waals surface area contributed by atoms with Crippen LogP contribution < -0.4 is 0 Å². The molecule has 2 aromatic rings. The zero-order valence-corrected chi connectivity index (χ0v) is 14.3. The second kappa shape index (κ2) is 6.39. The zero-order valence-electron chi connectivity index (χ0n) is 13.4. The molecule has 0 aromatic heterocycles. The largest absolute Gasteiger partial charge is 0.218 e. The Morgan fingerprint density at radius 3 is 2.04 bits per heavy atom. The number of sulfone groups is 1. The Hall–Kier alpha value is -2.38. The van der Waals surface area contributed by atoms with Crippen molar-refractivity contribution < 1.29 is 8.42 Å². The van der Waals surface area contributed by atoms with Crippen LogP contribution in [0.1, 0.15) is 31.9 Å². The van der Waals surface area contributed by atoms with Gasteiger partial charge in [0.1, 0.15) is 11.0 Å². The highest BCUT2D eigenvalue weighted by Crippen LogP contribution is 2.24. The minimum atomic E-state index is -3.79. The number of benzene rings is 2. The SMILES string of the molecule is CC(C)(C)c1ccc(C=C(C#N)S(=O)(=O)c2ccccc2)cc1. The summed E-state index contributed by atoms with van der Waals surface area (Å²) in [6, 6.07) is 17.4. The van der Waals surface area contributed by atoms with Gasteiger partial charge < -0.3 is 0 Å². The molecule has 0 aliphatic heterocycles. The Kier molecular flexibility index (Phi) is 4.72. The molecule has 3 nitrogen and oxygen atoms in total. The molecule has 23 heavy (non-hydrogen) atoms. The van der Waals surface area contributed by atoms with Gasteiger partial charge in [-0.2, -0.15) is 5.26 Å². The van der Waals surface area contributed by atoms with E-state index < -0.39 is 9.84 Å². The number of allylic oxidation sites excluding steroid dienone is 1. The summed E-state index contributed by atoms with van der Waals surface area (Å²) in [7, 11) is -3.79. The van der Waals surface area contributed by atoms with Gasteiger partial charge in [0.2, 0.25) is 9.84 Å². The Morgan fingerprint density at radius 1 is 1.00 bits per heavy atom. The van der Waals surface area contributed by atoms with Crippen molar-refractivity contribution in [1.29, 1.82) is 5.26 Å². The molecule has 0 spiro atoms. The van der Waals surface area contributed by atoms with Gasteiger partial charge in [0, 0.05) is 0 Å². The lowest BCUT2D eigenvalue weighted by atomic mass is 9.87. The van der Waals surface area contributed by atoms with Crippen molar-refractivity contribution in [2.24, 2.45) is 0 Å². The van der Waals surface area contributed by atoms with E-state index in [1.165, 1.54) is 18.2 Å². The third kappa shape index (κ3) is 3.88. The average Bonchev–Trinajstić information content (AvgIpc) is 2.53. The highest BCUT2D eigenvalue weighted by molar-refractivity contribution is 7.95. The molecule has 118 valence electrons. The van der Waals surface area contributed by atoms with Gasteiger partial charge in [0.25, 0.3) is 0 Å². The highest BCUT2D eigenvalue weighted by atomic mass is 32.2. The van der Waals surface area contributed by atoms with Crippen LogP contribution >= 0.6 is 0 Å². The molecule has 0 saturated carbocycles. The monoisotopic (exact) mass is 325 g/mol. The van der Waals surface area contributed by atoms with E-state index in [0.717, 1.165) is 5.56 Å². The molecule has 0 saturated heterocycles. The normalized spacial score (nSPS) is 12.7. The molecule has 0 unspecified atom stereocenters. The average molecular weight is 325 g/mol. The van der Waals surface area contributed by atoms with Crippen molar-refractivity contribution in [3.05, 3.63) is 70.6 Å². The van der Waals surface area contributed by atoms with Crippen molar-refractivity contribution in [2.75, 3.05) is 0 Å². The Labute approximate surface area is 137 Å². The highest BCUT2D eigenvalue weighted by Gasteiger charge is 2.20. The Bertz CT molecular complexity index is 850. The van der Waals surface area contributed by atoms with E-state index in [1.54, 1.807) is 18.2 Å². The zero-order chi connectivity index (χ0) is 17.1. The predicted octanol–water partition coefficient (Wildman–Crippen LogP) is 4.32. The lowest BCUT2D eigenvalue weighted by Gasteiger charge is -2.18. The summed E-state index contributed by atoms with van der Waals surface area (Å²) in [5.41, 5.74) is 1.87. The van der Waals surface area contributed by atoms with E-state index in [-0.39, 0.29) is 15.2 Å². The third-order valence-electron chi connectivity index (χ3n) is 3.53. The van der Waals surface area contributed by atoms with E-state index in [0.29, 0.717) is 5.56 Å². The van der Waals surface area contributed by atoms with Crippen LogP contribution in [0.15, 0.2) is 64.4 Å². The fourth-order valence-corrected chi connectivity index (χ4v) is 3.31. The van der Waals surface area contributed by atoms with E-state index in [1.807, 2.05) is 30.3 Å². The molecule has 0 radical (unpaired) electrons. The van der Waals surface area contributed by atoms with Crippen LogP contribution in [-0.2, 0) is 15.3 Å². The number of nitriles is 1. The maximum Gasteiger partial charge on any atom is 0.216 e. The number of nitrogens with zero attached hydrogens (tertiary/aromatic N) is 1. The lowest BCUT2D eigenvalue weighted by Crippen LogP contribution is -2.10. The summed E-state index contributed by atoms with van der Waals surface area (Å²) in [4.78, 5) is -0.133. The van der Waals surface area contributed by atoms with E-state index in [2.05, 4.69) is 20.8 Å². The van der Waals surface area contributed by atoms with Crippen LogP contribution in [0.2, 0.25) is 0 Å². The van der Waals surface area contributed by atoms with Crippen LogP contribution in [0.25, 0.3) is 6.08 Å². The van der Waals surface area contributed by atoms with E-state index >= 15 is 0 Å². The van der Waals surface area contributed by atoms with Gasteiger partial charge in [-0.1, -0.05) is 63.2 Å². The van der Waals surface area contributed by atoms with Crippen LogP contribution in [0.4, 0.5) is 0 Å². The van der Waals surface area contributed by atoms with Crippen molar-refractivity contribution in [1.82, 2.24) is 0 Å². The summed E-state index contributed by atoms with van der Waals surface area (Å²) < 4.78 is 25.0. The standard InChI is InChI=1S/C19H19NO2S/c1-19(2,3)16-11-9-15(10-12-16)13-18(14-20)23(21,22)17-7-5-4-6-8-17/h4-13H,1-3H3. The Morgan fingerprint density at radius 2 is 1.57 bits per heavy atom. The van der Waals surface area contributed by atoms with Crippen molar-refractivity contribution in [2.45, 2.75) is 31.1 Å².